The molecule has 0 bridgehead atoms. The van der Waals surface area contributed by atoms with Crippen molar-refractivity contribution in [2.24, 2.45) is 5.92 Å². The maximum Gasteiger partial charge on any atom is 0.308 e. The second kappa shape index (κ2) is 7.84. The van der Waals surface area contributed by atoms with Gasteiger partial charge in [-0.25, -0.2) is 0 Å². The number of carbonyl (C=O) groups is 1. The van der Waals surface area contributed by atoms with Crippen LogP contribution in [0.15, 0.2) is 12.2 Å². The number of esters is 1. The molecule has 2 nitrogen and oxygen atoms in total. The van der Waals surface area contributed by atoms with Gasteiger partial charge < -0.3 is 4.74 Å². The highest BCUT2D eigenvalue weighted by atomic mass is 16.5. The van der Waals surface area contributed by atoms with Crippen LogP contribution < -0.4 is 0 Å². The Balaban J connectivity index is 3.42. The van der Waals surface area contributed by atoms with E-state index < -0.39 is 0 Å². The molecule has 0 heterocycles. The zero-order valence-corrected chi connectivity index (χ0v) is 8.88. The Morgan fingerprint density at radius 2 is 2.08 bits per heavy atom. The quantitative estimate of drug-likeness (QED) is 0.360. The van der Waals surface area contributed by atoms with Crippen molar-refractivity contribution in [3.63, 3.8) is 0 Å². The Bertz CT molecular complexity index is 161. The van der Waals surface area contributed by atoms with Crippen molar-refractivity contribution in [1.82, 2.24) is 0 Å². The maximum atomic E-state index is 11.2. The summed E-state index contributed by atoms with van der Waals surface area (Å²) in [6.07, 6.45) is 6.85. The van der Waals surface area contributed by atoms with Gasteiger partial charge in [0.05, 0.1) is 12.5 Å². The van der Waals surface area contributed by atoms with Crippen LogP contribution in [0.25, 0.3) is 0 Å². The minimum absolute atomic E-state index is 0.0372. The van der Waals surface area contributed by atoms with E-state index >= 15 is 0 Å². The number of hydrogen-bond acceptors (Lipinski definition) is 2. The first kappa shape index (κ1) is 12.2. The van der Waals surface area contributed by atoms with Crippen molar-refractivity contribution in [3.8, 4) is 0 Å². The molecule has 13 heavy (non-hydrogen) atoms. The number of rotatable bonds is 6. The Hall–Kier alpha value is -0.790. The maximum absolute atomic E-state index is 11.2. The van der Waals surface area contributed by atoms with Crippen molar-refractivity contribution in [2.45, 2.75) is 40.0 Å². The van der Waals surface area contributed by atoms with Gasteiger partial charge in [0.2, 0.25) is 0 Å². The normalized spacial score (nSPS) is 13.2. The summed E-state index contributed by atoms with van der Waals surface area (Å²) < 4.78 is 5.05. The van der Waals surface area contributed by atoms with E-state index in [-0.39, 0.29) is 11.9 Å². The molecule has 0 aromatic heterocycles. The SMILES string of the molecule is CCC=CCCOC(=O)C(C)CC. The lowest BCUT2D eigenvalue weighted by molar-refractivity contribution is -0.147. The predicted molar refractivity (Wildman–Crippen MR) is 54.5 cm³/mol. The van der Waals surface area contributed by atoms with E-state index in [1.807, 2.05) is 19.9 Å². The van der Waals surface area contributed by atoms with Crippen LogP contribution >= 0.6 is 0 Å². The molecule has 0 spiro atoms. The number of carbonyl (C=O) groups excluding carboxylic acids is 1. The van der Waals surface area contributed by atoms with E-state index in [1.54, 1.807) is 0 Å². The van der Waals surface area contributed by atoms with Gasteiger partial charge >= 0.3 is 5.97 Å². The molecule has 0 fully saturated rings. The zero-order chi connectivity index (χ0) is 10.1. The number of hydrogen-bond donors (Lipinski definition) is 0. The average molecular weight is 184 g/mol. The summed E-state index contributed by atoms with van der Waals surface area (Å²) in [5, 5.41) is 0. The molecule has 0 rings (SSSR count). The Morgan fingerprint density at radius 3 is 2.62 bits per heavy atom. The number of ether oxygens (including phenoxy) is 1. The van der Waals surface area contributed by atoms with Crippen molar-refractivity contribution >= 4 is 5.97 Å². The molecule has 0 aliphatic carbocycles. The van der Waals surface area contributed by atoms with Crippen LogP contribution in [-0.4, -0.2) is 12.6 Å². The largest absolute Gasteiger partial charge is 0.465 e. The summed E-state index contributed by atoms with van der Waals surface area (Å²) >= 11 is 0. The standard InChI is InChI=1S/C11H20O2/c1-4-6-7-8-9-13-11(12)10(3)5-2/h6-7,10H,4-5,8-9H2,1-3H3. The molecule has 0 aliphatic rings. The smallest absolute Gasteiger partial charge is 0.308 e. The molecule has 0 aromatic rings. The molecule has 0 amide bonds. The summed E-state index contributed by atoms with van der Waals surface area (Å²) in [4.78, 5) is 11.2. The Labute approximate surface area is 81.0 Å². The van der Waals surface area contributed by atoms with Crippen LogP contribution in [0.3, 0.4) is 0 Å². The molecule has 0 saturated carbocycles. The molecule has 0 saturated heterocycles. The second-order valence-electron chi connectivity index (χ2n) is 3.15. The summed E-state index contributed by atoms with van der Waals surface area (Å²) in [5.41, 5.74) is 0. The lowest BCUT2D eigenvalue weighted by Gasteiger charge is -2.07. The third-order valence-electron chi connectivity index (χ3n) is 1.95. The van der Waals surface area contributed by atoms with Crippen LogP contribution in [0.4, 0.5) is 0 Å². The van der Waals surface area contributed by atoms with Crippen molar-refractivity contribution in [3.05, 3.63) is 12.2 Å². The first-order valence-corrected chi connectivity index (χ1v) is 5.04. The van der Waals surface area contributed by atoms with Gasteiger partial charge in [0.1, 0.15) is 0 Å². The van der Waals surface area contributed by atoms with E-state index in [0.717, 1.165) is 19.3 Å². The fraction of sp³-hybridized carbons (Fsp3) is 0.727. The first-order valence-electron chi connectivity index (χ1n) is 5.04. The Morgan fingerprint density at radius 1 is 1.38 bits per heavy atom. The minimum Gasteiger partial charge on any atom is -0.465 e. The van der Waals surface area contributed by atoms with Crippen LogP contribution in [0.5, 0.6) is 0 Å². The molecule has 2 heteroatoms. The van der Waals surface area contributed by atoms with Gasteiger partial charge in [-0.05, 0) is 19.3 Å². The molecular weight excluding hydrogens is 164 g/mol. The van der Waals surface area contributed by atoms with Crippen molar-refractivity contribution in [1.29, 1.82) is 0 Å². The van der Waals surface area contributed by atoms with Gasteiger partial charge in [-0.3, -0.25) is 4.79 Å². The van der Waals surface area contributed by atoms with Gasteiger partial charge in [-0.15, -0.1) is 0 Å². The van der Waals surface area contributed by atoms with E-state index in [9.17, 15) is 4.79 Å². The first-order chi connectivity index (χ1) is 6.22. The minimum atomic E-state index is -0.0765. The highest BCUT2D eigenvalue weighted by Gasteiger charge is 2.10. The van der Waals surface area contributed by atoms with Crippen LogP contribution in [0, 0.1) is 5.92 Å². The van der Waals surface area contributed by atoms with E-state index in [0.29, 0.717) is 6.61 Å². The summed E-state index contributed by atoms with van der Waals surface area (Å²) in [7, 11) is 0. The van der Waals surface area contributed by atoms with Gasteiger partial charge in [0.15, 0.2) is 0 Å². The molecular formula is C11H20O2. The molecule has 0 aliphatic heterocycles. The summed E-state index contributed by atoms with van der Waals surface area (Å²) in [6.45, 7) is 6.48. The Kier molecular flexibility index (Phi) is 7.36. The van der Waals surface area contributed by atoms with Crippen LogP contribution in [0.2, 0.25) is 0 Å². The van der Waals surface area contributed by atoms with Crippen LogP contribution in [0.1, 0.15) is 40.0 Å². The fourth-order valence-corrected chi connectivity index (χ4v) is 0.821. The monoisotopic (exact) mass is 184 g/mol. The number of allylic oxidation sites excluding steroid dienone is 1. The highest BCUT2D eigenvalue weighted by molar-refractivity contribution is 5.71. The topological polar surface area (TPSA) is 26.3 Å². The van der Waals surface area contributed by atoms with Crippen LogP contribution in [-0.2, 0) is 9.53 Å². The zero-order valence-electron chi connectivity index (χ0n) is 8.88. The van der Waals surface area contributed by atoms with Gasteiger partial charge in [0.25, 0.3) is 0 Å². The van der Waals surface area contributed by atoms with Crippen molar-refractivity contribution in [2.75, 3.05) is 6.61 Å². The van der Waals surface area contributed by atoms with Crippen molar-refractivity contribution < 1.29 is 9.53 Å². The van der Waals surface area contributed by atoms with E-state index in [2.05, 4.69) is 13.0 Å². The van der Waals surface area contributed by atoms with E-state index in [1.165, 1.54) is 0 Å². The molecule has 0 aromatic carbocycles. The molecule has 1 unspecified atom stereocenters. The lowest BCUT2D eigenvalue weighted by Crippen LogP contribution is -2.14. The fourth-order valence-electron chi connectivity index (χ4n) is 0.821. The highest BCUT2D eigenvalue weighted by Crippen LogP contribution is 2.03. The van der Waals surface area contributed by atoms with E-state index in [4.69, 9.17) is 4.74 Å². The molecule has 76 valence electrons. The van der Waals surface area contributed by atoms with Gasteiger partial charge in [0, 0.05) is 0 Å². The second-order valence-corrected chi connectivity index (χ2v) is 3.15. The third kappa shape index (κ3) is 6.38. The van der Waals surface area contributed by atoms with Gasteiger partial charge in [-0.1, -0.05) is 32.9 Å². The molecule has 0 N–H and O–H groups in total. The molecule has 1 atom stereocenters. The third-order valence-corrected chi connectivity index (χ3v) is 1.95. The average Bonchev–Trinajstić information content (AvgIpc) is 2.16. The summed E-state index contributed by atoms with van der Waals surface area (Å²) in [6, 6.07) is 0. The molecule has 0 radical (unpaired) electrons. The lowest BCUT2D eigenvalue weighted by atomic mass is 10.1. The van der Waals surface area contributed by atoms with Gasteiger partial charge in [-0.2, -0.15) is 0 Å². The predicted octanol–water partition coefficient (Wildman–Crippen LogP) is 2.93. The summed E-state index contributed by atoms with van der Waals surface area (Å²) in [5.74, 6) is -0.0393.